The molecule has 0 bridgehead atoms. The highest BCUT2D eigenvalue weighted by Gasteiger charge is 2.02. The van der Waals surface area contributed by atoms with Crippen LogP contribution >= 0.6 is 15.9 Å². The van der Waals surface area contributed by atoms with Crippen LogP contribution in [0.15, 0.2) is 16.9 Å². The van der Waals surface area contributed by atoms with Gasteiger partial charge in [-0.25, -0.2) is 0 Å². The fraction of sp³-hybridized carbons (Fsp3) is 0.429. The van der Waals surface area contributed by atoms with E-state index in [1.54, 1.807) is 12.4 Å². The molecule has 10 heavy (non-hydrogen) atoms. The summed E-state index contributed by atoms with van der Waals surface area (Å²) in [5.41, 5.74) is 1.20. The molecule has 0 saturated heterocycles. The number of halogens is 1. The van der Waals surface area contributed by atoms with Crippen molar-refractivity contribution >= 4 is 15.9 Å². The minimum atomic E-state index is 0.505. The normalized spacial score (nSPS) is 10.4. The van der Waals surface area contributed by atoms with E-state index >= 15 is 0 Å². The standard InChI is InChI=1S/C7H9BrN2/c1-5(2)6-3-9-10-4-7(6)8/h3-5H,1-2H3. The van der Waals surface area contributed by atoms with E-state index in [4.69, 9.17) is 0 Å². The third-order valence-electron chi connectivity index (χ3n) is 1.33. The number of hydrogen-bond acceptors (Lipinski definition) is 2. The first-order valence-corrected chi connectivity index (χ1v) is 3.97. The molecule has 0 aliphatic heterocycles. The van der Waals surface area contributed by atoms with E-state index in [2.05, 4.69) is 40.0 Å². The van der Waals surface area contributed by atoms with Crippen LogP contribution in [-0.4, -0.2) is 10.2 Å². The van der Waals surface area contributed by atoms with Gasteiger partial charge in [0.05, 0.1) is 12.4 Å². The van der Waals surface area contributed by atoms with E-state index in [-0.39, 0.29) is 0 Å². The first-order valence-electron chi connectivity index (χ1n) is 3.18. The minimum Gasteiger partial charge on any atom is -0.159 e. The van der Waals surface area contributed by atoms with E-state index < -0.39 is 0 Å². The number of hydrogen-bond donors (Lipinski definition) is 0. The molecule has 0 aliphatic rings. The van der Waals surface area contributed by atoms with Gasteiger partial charge >= 0.3 is 0 Å². The summed E-state index contributed by atoms with van der Waals surface area (Å²) in [5.74, 6) is 0.505. The lowest BCUT2D eigenvalue weighted by molar-refractivity contribution is 0.833. The molecule has 1 heterocycles. The fourth-order valence-electron chi connectivity index (χ4n) is 0.741. The lowest BCUT2D eigenvalue weighted by Crippen LogP contribution is -1.91. The number of aromatic nitrogens is 2. The zero-order chi connectivity index (χ0) is 7.56. The predicted octanol–water partition coefficient (Wildman–Crippen LogP) is 2.36. The van der Waals surface area contributed by atoms with Crippen molar-refractivity contribution in [1.29, 1.82) is 0 Å². The van der Waals surface area contributed by atoms with Crippen LogP contribution in [0, 0.1) is 0 Å². The molecular formula is C7H9BrN2. The van der Waals surface area contributed by atoms with E-state index in [1.165, 1.54) is 5.56 Å². The van der Waals surface area contributed by atoms with E-state index in [0.29, 0.717) is 5.92 Å². The quantitative estimate of drug-likeness (QED) is 0.696. The summed E-state index contributed by atoms with van der Waals surface area (Å²) in [5, 5.41) is 7.52. The molecule has 54 valence electrons. The minimum absolute atomic E-state index is 0.505. The maximum atomic E-state index is 3.79. The molecule has 2 nitrogen and oxygen atoms in total. The van der Waals surface area contributed by atoms with Crippen molar-refractivity contribution < 1.29 is 0 Å². The molecule has 0 aliphatic carbocycles. The second-order valence-electron chi connectivity index (χ2n) is 2.45. The Morgan fingerprint density at radius 3 is 2.30 bits per heavy atom. The van der Waals surface area contributed by atoms with Crippen molar-refractivity contribution in [2.45, 2.75) is 19.8 Å². The van der Waals surface area contributed by atoms with Crippen molar-refractivity contribution in [1.82, 2.24) is 10.2 Å². The van der Waals surface area contributed by atoms with Gasteiger partial charge in [-0.05, 0) is 27.4 Å². The molecule has 0 amide bonds. The van der Waals surface area contributed by atoms with Crippen molar-refractivity contribution in [2.24, 2.45) is 0 Å². The number of nitrogens with zero attached hydrogens (tertiary/aromatic N) is 2. The van der Waals surface area contributed by atoms with Gasteiger partial charge in [0.2, 0.25) is 0 Å². The molecule has 0 fully saturated rings. The molecule has 0 saturated carbocycles. The fourth-order valence-corrected chi connectivity index (χ4v) is 1.39. The topological polar surface area (TPSA) is 25.8 Å². The van der Waals surface area contributed by atoms with Gasteiger partial charge in [0, 0.05) is 4.47 Å². The first-order chi connectivity index (χ1) is 4.72. The third-order valence-corrected chi connectivity index (χ3v) is 1.99. The summed E-state index contributed by atoms with van der Waals surface area (Å²) in [6, 6.07) is 0. The molecule has 0 atom stereocenters. The summed E-state index contributed by atoms with van der Waals surface area (Å²) < 4.78 is 1.04. The van der Waals surface area contributed by atoms with Crippen LogP contribution < -0.4 is 0 Å². The average molecular weight is 201 g/mol. The second-order valence-corrected chi connectivity index (χ2v) is 3.30. The monoisotopic (exact) mass is 200 g/mol. The van der Waals surface area contributed by atoms with Gasteiger partial charge < -0.3 is 0 Å². The highest BCUT2D eigenvalue weighted by Crippen LogP contribution is 2.21. The molecule has 1 aromatic rings. The Bertz CT molecular complexity index is 223. The van der Waals surface area contributed by atoms with Gasteiger partial charge in [-0.3, -0.25) is 0 Å². The van der Waals surface area contributed by atoms with Gasteiger partial charge in [-0.2, -0.15) is 10.2 Å². The molecule has 3 heteroatoms. The van der Waals surface area contributed by atoms with Crippen LogP contribution in [0.3, 0.4) is 0 Å². The highest BCUT2D eigenvalue weighted by atomic mass is 79.9. The summed E-state index contributed by atoms with van der Waals surface area (Å²) in [4.78, 5) is 0. The second kappa shape index (κ2) is 3.10. The largest absolute Gasteiger partial charge is 0.159 e. The summed E-state index contributed by atoms with van der Waals surface area (Å²) in [7, 11) is 0. The number of rotatable bonds is 1. The van der Waals surface area contributed by atoms with Gasteiger partial charge in [0.25, 0.3) is 0 Å². The Balaban J connectivity index is 3.03. The SMILES string of the molecule is CC(C)c1cnncc1Br. The van der Waals surface area contributed by atoms with Crippen LogP contribution in [0.2, 0.25) is 0 Å². The molecule has 0 spiro atoms. The molecular weight excluding hydrogens is 192 g/mol. The summed E-state index contributed by atoms with van der Waals surface area (Å²) >= 11 is 3.39. The van der Waals surface area contributed by atoms with Gasteiger partial charge in [0.1, 0.15) is 0 Å². The lowest BCUT2D eigenvalue weighted by atomic mass is 10.1. The summed E-state index contributed by atoms with van der Waals surface area (Å²) in [6.07, 6.45) is 3.50. The Labute approximate surface area is 68.8 Å². The Hall–Kier alpha value is -0.440. The molecule has 0 aromatic carbocycles. The van der Waals surface area contributed by atoms with E-state index in [0.717, 1.165) is 4.47 Å². The Morgan fingerprint density at radius 2 is 1.90 bits per heavy atom. The average Bonchev–Trinajstić information content (AvgIpc) is 1.88. The third kappa shape index (κ3) is 1.53. The van der Waals surface area contributed by atoms with Crippen LogP contribution in [0.4, 0.5) is 0 Å². The van der Waals surface area contributed by atoms with Crippen LogP contribution in [0.25, 0.3) is 0 Å². The van der Waals surface area contributed by atoms with Crippen molar-refractivity contribution in [3.8, 4) is 0 Å². The van der Waals surface area contributed by atoms with Crippen molar-refractivity contribution in [3.63, 3.8) is 0 Å². The molecule has 0 radical (unpaired) electrons. The molecule has 1 rings (SSSR count). The molecule has 1 aromatic heterocycles. The van der Waals surface area contributed by atoms with Crippen molar-refractivity contribution in [2.75, 3.05) is 0 Å². The van der Waals surface area contributed by atoms with Crippen LogP contribution in [0.1, 0.15) is 25.3 Å². The predicted molar refractivity (Wildman–Crippen MR) is 43.8 cm³/mol. The van der Waals surface area contributed by atoms with Gasteiger partial charge in [-0.15, -0.1) is 0 Å². The highest BCUT2D eigenvalue weighted by molar-refractivity contribution is 9.10. The molecule has 0 N–H and O–H groups in total. The molecule has 0 unspecified atom stereocenters. The van der Waals surface area contributed by atoms with Gasteiger partial charge in [-0.1, -0.05) is 13.8 Å². The van der Waals surface area contributed by atoms with Crippen LogP contribution in [0.5, 0.6) is 0 Å². The van der Waals surface area contributed by atoms with Crippen molar-refractivity contribution in [3.05, 3.63) is 22.4 Å². The van der Waals surface area contributed by atoms with E-state index in [9.17, 15) is 0 Å². The Morgan fingerprint density at radius 1 is 1.30 bits per heavy atom. The van der Waals surface area contributed by atoms with Crippen LogP contribution in [-0.2, 0) is 0 Å². The van der Waals surface area contributed by atoms with Gasteiger partial charge in [0.15, 0.2) is 0 Å². The zero-order valence-electron chi connectivity index (χ0n) is 6.00. The lowest BCUT2D eigenvalue weighted by Gasteiger charge is -2.04. The maximum absolute atomic E-state index is 3.79. The van der Waals surface area contributed by atoms with E-state index in [1.807, 2.05) is 0 Å². The smallest absolute Gasteiger partial charge is 0.0641 e. The Kier molecular flexibility index (Phi) is 2.38. The maximum Gasteiger partial charge on any atom is 0.0641 e. The first kappa shape index (κ1) is 7.66. The summed E-state index contributed by atoms with van der Waals surface area (Å²) in [6.45, 7) is 4.25. The zero-order valence-corrected chi connectivity index (χ0v) is 7.59.